The fourth-order valence-corrected chi connectivity index (χ4v) is 4.68. The van der Waals surface area contributed by atoms with Gasteiger partial charge >= 0.3 is 0 Å². The average Bonchev–Trinajstić information content (AvgIpc) is 3.28. The van der Waals surface area contributed by atoms with Crippen LogP contribution in [0.15, 0.2) is 35.4 Å². The number of thiophene rings is 1. The third-order valence-electron chi connectivity index (χ3n) is 5.70. The van der Waals surface area contributed by atoms with Crippen LogP contribution in [0.2, 0.25) is 0 Å². The molecule has 0 N–H and O–H groups in total. The van der Waals surface area contributed by atoms with Gasteiger partial charge in [0.15, 0.2) is 11.5 Å². The van der Waals surface area contributed by atoms with Crippen molar-refractivity contribution in [3.63, 3.8) is 0 Å². The Hall–Kier alpha value is -2.82. The van der Waals surface area contributed by atoms with Crippen LogP contribution in [0.3, 0.4) is 0 Å². The summed E-state index contributed by atoms with van der Waals surface area (Å²) in [6, 6.07) is 7.44. The van der Waals surface area contributed by atoms with Crippen molar-refractivity contribution in [2.24, 2.45) is 5.92 Å². The quantitative estimate of drug-likeness (QED) is 0.553. The Morgan fingerprint density at radius 3 is 2.81 bits per heavy atom. The Morgan fingerprint density at radius 2 is 2.03 bits per heavy atom. The van der Waals surface area contributed by atoms with E-state index in [1.165, 1.54) is 37.0 Å². The minimum Gasteiger partial charge on any atom is -0.493 e. The third kappa shape index (κ3) is 4.46. The minimum absolute atomic E-state index is 0.0979. The van der Waals surface area contributed by atoms with Crippen molar-refractivity contribution in [3.8, 4) is 29.0 Å². The largest absolute Gasteiger partial charge is 0.493 e. The van der Waals surface area contributed by atoms with Crippen LogP contribution in [0, 0.1) is 17.8 Å². The first kappa shape index (κ1) is 20.1. The third-order valence-corrected chi connectivity index (χ3v) is 6.73. The van der Waals surface area contributed by atoms with E-state index in [-0.39, 0.29) is 5.56 Å². The molecule has 0 atom stereocenters. The molecule has 0 unspecified atom stereocenters. The molecule has 31 heavy (non-hydrogen) atoms. The van der Waals surface area contributed by atoms with E-state index in [9.17, 15) is 4.79 Å². The van der Waals surface area contributed by atoms with Crippen molar-refractivity contribution in [2.45, 2.75) is 25.7 Å². The van der Waals surface area contributed by atoms with Crippen molar-refractivity contribution in [1.29, 1.82) is 0 Å². The highest BCUT2D eigenvalue weighted by Crippen LogP contribution is 2.30. The van der Waals surface area contributed by atoms with E-state index in [2.05, 4.69) is 21.7 Å². The molecule has 5 rings (SSSR count). The highest BCUT2D eigenvalue weighted by Gasteiger charge is 2.18. The van der Waals surface area contributed by atoms with Crippen molar-refractivity contribution in [2.75, 3.05) is 33.4 Å². The number of hydrogen-bond acceptors (Lipinski definition) is 6. The van der Waals surface area contributed by atoms with E-state index < -0.39 is 0 Å². The molecule has 1 saturated carbocycles. The monoisotopic (exact) mass is 435 g/mol. The van der Waals surface area contributed by atoms with Crippen LogP contribution in [-0.4, -0.2) is 47.8 Å². The van der Waals surface area contributed by atoms with Gasteiger partial charge in [0.05, 0.1) is 23.2 Å². The molecule has 3 aromatic rings. The maximum atomic E-state index is 13.1. The van der Waals surface area contributed by atoms with Crippen LogP contribution >= 0.6 is 11.3 Å². The van der Waals surface area contributed by atoms with E-state index in [0.29, 0.717) is 39.9 Å². The van der Waals surface area contributed by atoms with E-state index >= 15 is 0 Å². The molecule has 160 valence electrons. The lowest BCUT2D eigenvalue weighted by atomic mass is 10.2. The number of methoxy groups -OCH3 is 1. The SMILES string of the molecule is COc1cc(-n2cnc3cc(C#CC4CC4)sc3c2=O)ccc1OCCN1CCCC1. The highest BCUT2D eigenvalue weighted by atomic mass is 32.1. The Kier molecular flexibility index (Phi) is 5.66. The molecule has 0 bridgehead atoms. The molecule has 3 heterocycles. The zero-order chi connectivity index (χ0) is 21.2. The van der Waals surface area contributed by atoms with Crippen molar-refractivity contribution >= 4 is 21.6 Å². The van der Waals surface area contributed by atoms with Crippen molar-refractivity contribution < 1.29 is 9.47 Å². The maximum absolute atomic E-state index is 13.1. The van der Waals surface area contributed by atoms with Crippen LogP contribution in [0.4, 0.5) is 0 Å². The van der Waals surface area contributed by atoms with E-state index in [1.807, 2.05) is 24.3 Å². The van der Waals surface area contributed by atoms with Crippen LogP contribution in [-0.2, 0) is 0 Å². The van der Waals surface area contributed by atoms with Crippen LogP contribution in [0.25, 0.3) is 15.9 Å². The number of benzene rings is 1. The molecule has 0 radical (unpaired) electrons. The molecule has 2 fully saturated rings. The molecular weight excluding hydrogens is 410 g/mol. The lowest BCUT2D eigenvalue weighted by molar-refractivity contribution is 0.230. The second-order valence-electron chi connectivity index (χ2n) is 8.02. The van der Waals surface area contributed by atoms with Crippen LogP contribution in [0.5, 0.6) is 11.5 Å². The molecule has 1 aliphatic heterocycles. The molecule has 0 amide bonds. The van der Waals surface area contributed by atoms with Gasteiger partial charge in [-0.1, -0.05) is 11.8 Å². The molecule has 6 nitrogen and oxygen atoms in total. The molecule has 7 heteroatoms. The maximum Gasteiger partial charge on any atom is 0.275 e. The van der Waals surface area contributed by atoms with Gasteiger partial charge in [-0.05, 0) is 57.0 Å². The lowest BCUT2D eigenvalue weighted by Gasteiger charge is -2.17. The van der Waals surface area contributed by atoms with Gasteiger partial charge in [-0.3, -0.25) is 14.3 Å². The molecule has 1 aliphatic carbocycles. The summed E-state index contributed by atoms with van der Waals surface area (Å²) in [5.74, 6) is 8.25. The number of nitrogens with zero attached hydrogens (tertiary/aromatic N) is 3. The fraction of sp³-hybridized carbons (Fsp3) is 0.417. The van der Waals surface area contributed by atoms with Gasteiger partial charge in [-0.25, -0.2) is 4.98 Å². The van der Waals surface area contributed by atoms with Crippen molar-refractivity contribution in [1.82, 2.24) is 14.5 Å². The van der Waals surface area contributed by atoms with Gasteiger partial charge in [0.1, 0.15) is 17.6 Å². The second kappa shape index (κ2) is 8.74. The Morgan fingerprint density at radius 1 is 1.19 bits per heavy atom. The first-order valence-corrected chi connectivity index (χ1v) is 11.6. The van der Waals surface area contributed by atoms with Gasteiger partial charge in [0, 0.05) is 18.5 Å². The average molecular weight is 436 g/mol. The molecule has 2 aliphatic rings. The molecule has 0 spiro atoms. The number of rotatable bonds is 6. The number of aromatic nitrogens is 2. The Bertz CT molecular complexity index is 1210. The number of ether oxygens (including phenoxy) is 2. The molecule has 1 aromatic carbocycles. The summed E-state index contributed by atoms with van der Waals surface area (Å²) >= 11 is 1.41. The zero-order valence-electron chi connectivity index (χ0n) is 17.6. The van der Waals surface area contributed by atoms with Gasteiger partial charge in [-0.15, -0.1) is 11.3 Å². The second-order valence-corrected chi connectivity index (χ2v) is 9.07. The Balaban J connectivity index is 1.37. The first-order chi connectivity index (χ1) is 15.2. The first-order valence-electron chi connectivity index (χ1n) is 10.8. The highest BCUT2D eigenvalue weighted by molar-refractivity contribution is 7.19. The van der Waals surface area contributed by atoms with Gasteiger partial charge in [0.2, 0.25) is 0 Å². The Labute approximate surface area is 185 Å². The molecule has 1 saturated heterocycles. The summed E-state index contributed by atoms with van der Waals surface area (Å²) in [4.78, 5) is 20.9. The van der Waals surface area contributed by atoms with E-state index in [1.54, 1.807) is 18.0 Å². The summed E-state index contributed by atoms with van der Waals surface area (Å²) in [5.41, 5.74) is 1.29. The van der Waals surface area contributed by atoms with Crippen molar-refractivity contribution in [3.05, 3.63) is 45.8 Å². The predicted molar refractivity (Wildman–Crippen MR) is 123 cm³/mol. The van der Waals surface area contributed by atoms with E-state index in [0.717, 1.165) is 24.5 Å². The van der Waals surface area contributed by atoms with Crippen LogP contribution < -0.4 is 15.0 Å². The smallest absolute Gasteiger partial charge is 0.275 e. The summed E-state index contributed by atoms with van der Waals surface area (Å²) in [7, 11) is 1.61. The van der Waals surface area contributed by atoms with Gasteiger partial charge in [-0.2, -0.15) is 0 Å². The minimum atomic E-state index is -0.0979. The summed E-state index contributed by atoms with van der Waals surface area (Å²) < 4.78 is 13.7. The standard InChI is InChI=1S/C24H25N3O3S/c1-29-22-14-18(7-9-21(22)30-13-12-26-10-2-3-11-26)27-16-25-20-15-19(8-6-17-4-5-17)31-23(20)24(27)28/h7,9,14-17H,2-5,10-13H2,1H3. The number of hydrogen-bond donors (Lipinski definition) is 0. The van der Waals surface area contributed by atoms with Gasteiger partial charge in [0.25, 0.3) is 5.56 Å². The fourth-order valence-electron chi connectivity index (χ4n) is 3.77. The zero-order valence-corrected chi connectivity index (χ0v) is 18.4. The summed E-state index contributed by atoms with van der Waals surface area (Å²) in [6.07, 6.45) is 6.47. The topological polar surface area (TPSA) is 56.6 Å². The van der Waals surface area contributed by atoms with Crippen LogP contribution in [0.1, 0.15) is 30.6 Å². The summed E-state index contributed by atoms with van der Waals surface area (Å²) in [5, 5.41) is 0. The normalized spacial score (nSPS) is 16.3. The predicted octanol–water partition coefficient (Wildman–Crippen LogP) is 3.69. The number of likely N-dealkylation sites (tertiary alicyclic amines) is 1. The van der Waals surface area contributed by atoms with Gasteiger partial charge < -0.3 is 9.47 Å². The lowest BCUT2D eigenvalue weighted by Crippen LogP contribution is -2.25. The van der Waals surface area contributed by atoms with E-state index in [4.69, 9.17) is 9.47 Å². The molecule has 2 aromatic heterocycles. The number of fused-ring (bicyclic) bond motifs is 1. The summed E-state index contributed by atoms with van der Waals surface area (Å²) in [6.45, 7) is 3.82. The molecular formula is C24H25N3O3S.